The van der Waals surface area contributed by atoms with Crippen molar-refractivity contribution >= 4 is 11.6 Å². The van der Waals surface area contributed by atoms with E-state index < -0.39 is 0 Å². The van der Waals surface area contributed by atoms with Crippen LogP contribution in [0.1, 0.15) is 11.5 Å². The molecular formula is C18H23FN6. The number of hydrogen-bond acceptors (Lipinski definition) is 4. The van der Waals surface area contributed by atoms with E-state index in [0.29, 0.717) is 6.54 Å². The van der Waals surface area contributed by atoms with E-state index in [1.165, 1.54) is 12.1 Å². The Morgan fingerprint density at radius 2 is 1.88 bits per heavy atom. The van der Waals surface area contributed by atoms with Gasteiger partial charge in [0, 0.05) is 45.1 Å². The van der Waals surface area contributed by atoms with Crippen LogP contribution < -0.4 is 10.2 Å². The summed E-state index contributed by atoms with van der Waals surface area (Å²) in [6.45, 7) is 5.97. The number of anilines is 1. The molecule has 1 saturated heterocycles. The minimum atomic E-state index is -0.202. The lowest BCUT2D eigenvalue weighted by molar-refractivity contribution is 0.372. The molecular weight excluding hydrogens is 319 g/mol. The number of aliphatic imine (C=N–C) groups is 1. The smallest absolute Gasteiger partial charge is 0.194 e. The van der Waals surface area contributed by atoms with Crippen molar-refractivity contribution < 1.29 is 4.39 Å². The molecule has 0 spiro atoms. The second kappa shape index (κ2) is 7.92. The van der Waals surface area contributed by atoms with Gasteiger partial charge >= 0.3 is 0 Å². The first-order valence-corrected chi connectivity index (χ1v) is 8.40. The van der Waals surface area contributed by atoms with Gasteiger partial charge in [0.05, 0.1) is 12.2 Å². The van der Waals surface area contributed by atoms with E-state index in [0.717, 1.165) is 49.3 Å². The van der Waals surface area contributed by atoms with Gasteiger partial charge in [0.2, 0.25) is 0 Å². The number of nitrogens with zero attached hydrogens (tertiary/aromatic N) is 5. The van der Waals surface area contributed by atoms with Gasteiger partial charge in [0.15, 0.2) is 5.96 Å². The average Bonchev–Trinajstić information content (AvgIpc) is 2.63. The summed E-state index contributed by atoms with van der Waals surface area (Å²) in [4.78, 5) is 17.4. The van der Waals surface area contributed by atoms with E-state index >= 15 is 0 Å². The normalized spacial score (nSPS) is 15.4. The molecule has 1 aliphatic rings. The van der Waals surface area contributed by atoms with Crippen LogP contribution in [0.4, 0.5) is 10.1 Å². The van der Waals surface area contributed by atoms with E-state index in [2.05, 4.69) is 30.1 Å². The van der Waals surface area contributed by atoms with Gasteiger partial charge in [0.1, 0.15) is 11.6 Å². The van der Waals surface area contributed by atoms with E-state index in [-0.39, 0.29) is 5.82 Å². The topological polar surface area (TPSA) is 56.7 Å². The van der Waals surface area contributed by atoms with Gasteiger partial charge in [-0.25, -0.2) is 14.4 Å². The molecule has 1 fully saturated rings. The Morgan fingerprint density at radius 3 is 2.52 bits per heavy atom. The molecule has 0 atom stereocenters. The van der Waals surface area contributed by atoms with Gasteiger partial charge in [-0.1, -0.05) is 0 Å². The lowest BCUT2D eigenvalue weighted by atomic mass is 10.2. The molecule has 1 aliphatic heterocycles. The van der Waals surface area contributed by atoms with Crippen molar-refractivity contribution in [3.8, 4) is 0 Å². The second-order valence-corrected chi connectivity index (χ2v) is 5.95. The molecule has 25 heavy (non-hydrogen) atoms. The summed E-state index contributed by atoms with van der Waals surface area (Å²) in [5, 5.41) is 3.36. The summed E-state index contributed by atoms with van der Waals surface area (Å²) in [5.41, 5.74) is 2.00. The maximum atomic E-state index is 13.1. The highest BCUT2D eigenvalue weighted by Crippen LogP contribution is 2.17. The molecule has 1 aromatic carbocycles. The fourth-order valence-corrected chi connectivity index (χ4v) is 2.93. The van der Waals surface area contributed by atoms with E-state index in [1.54, 1.807) is 13.2 Å². The molecule has 3 rings (SSSR count). The third-order valence-corrected chi connectivity index (χ3v) is 4.24. The number of nitrogens with one attached hydrogen (secondary N) is 1. The molecule has 2 aromatic rings. The predicted octanol–water partition coefficient (Wildman–Crippen LogP) is 1.82. The minimum absolute atomic E-state index is 0.202. The Hall–Kier alpha value is -2.70. The summed E-state index contributed by atoms with van der Waals surface area (Å²) in [6.07, 6.45) is 1.77. The summed E-state index contributed by atoms with van der Waals surface area (Å²) in [6, 6.07) is 8.57. The van der Waals surface area contributed by atoms with Crippen molar-refractivity contribution in [1.82, 2.24) is 20.2 Å². The predicted molar refractivity (Wildman–Crippen MR) is 97.2 cm³/mol. The van der Waals surface area contributed by atoms with Crippen LogP contribution in [0.15, 0.2) is 41.5 Å². The van der Waals surface area contributed by atoms with Crippen molar-refractivity contribution in [2.75, 3.05) is 38.1 Å². The first-order chi connectivity index (χ1) is 12.2. The van der Waals surface area contributed by atoms with Crippen LogP contribution >= 0.6 is 0 Å². The van der Waals surface area contributed by atoms with Gasteiger partial charge in [-0.15, -0.1) is 0 Å². The lowest BCUT2D eigenvalue weighted by Gasteiger charge is -2.37. The van der Waals surface area contributed by atoms with Crippen LogP contribution in [-0.4, -0.2) is 54.1 Å². The van der Waals surface area contributed by atoms with E-state index in [4.69, 9.17) is 0 Å². The third kappa shape index (κ3) is 4.43. The fourth-order valence-electron chi connectivity index (χ4n) is 2.93. The minimum Gasteiger partial charge on any atom is -0.368 e. The molecule has 6 nitrogen and oxygen atoms in total. The van der Waals surface area contributed by atoms with Crippen LogP contribution in [0.5, 0.6) is 0 Å². The third-order valence-electron chi connectivity index (χ3n) is 4.24. The van der Waals surface area contributed by atoms with Gasteiger partial charge in [-0.3, -0.25) is 4.99 Å². The Labute approximate surface area is 147 Å². The first-order valence-electron chi connectivity index (χ1n) is 8.40. The summed E-state index contributed by atoms with van der Waals surface area (Å²) in [7, 11) is 1.79. The van der Waals surface area contributed by atoms with Crippen molar-refractivity contribution in [1.29, 1.82) is 0 Å². The number of aromatic nitrogens is 2. The van der Waals surface area contributed by atoms with Crippen molar-refractivity contribution in [2.24, 2.45) is 4.99 Å². The monoisotopic (exact) mass is 342 g/mol. The highest BCUT2D eigenvalue weighted by molar-refractivity contribution is 5.80. The molecule has 0 bridgehead atoms. The van der Waals surface area contributed by atoms with Crippen LogP contribution in [0.2, 0.25) is 0 Å². The Morgan fingerprint density at radius 1 is 1.16 bits per heavy atom. The number of halogens is 1. The van der Waals surface area contributed by atoms with Gasteiger partial charge in [-0.05, 0) is 37.3 Å². The molecule has 1 N–H and O–H groups in total. The number of piperazine rings is 1. The standard InChI is InChI=1S/C18H23FN6/c1-14-21-8-7-16(23-14)13-22-18(20-2)25-11-9-24(10-12-25)17-5-3-15(19)4-6-17/h3-8H,9-13H2,1-2H3,(H,20,22). The van der Waals surface area contributed by atoms with Crippen LogP contribution in [0, 0.1) is 12.7 Å². The number of rotatable bonds is 3. The van der Waals surface area contributed by atoms with Gasteiger partial charge in [0.25, 0.3) is 0 Å². The van der Waals surface area contributed by atoms with Crippen LogP contribution in [0.3, 0.4) is 0 Å². The highest BCUT2D eigenvalue weighted by atomic mass is 19.1. The zero-order valence-corrected chi connectivity index (χ0v) is 14.6. The van der Waals surface area contributed by atoms with Crippen molar-refractivity contribution in [2.45, 2.75) is 13.5 Å². The molecule has 1 aromatic heterocycles. The van der Waals surface area contributed by atoms with E-state index in [9.17, 15) is 4.39 Å². The summed E-state index contributed by atoms with van der Waals surface area (Å²) >= 11 is 0. The molecule has 0 unspecified atom stereocenters. The maximum Gasteiger partial charge on any atom is 0.194 e. The summed E-state index contributed by atoms with van der Waals surface area (Å²) in [5.74, 6) is 1.43. The van der Waals surface area contributed by atoms with Crippen LogP contribution in [-0.2, 0) is 6.54 Å². The van der Waals surface area contributed by atoms with Crippen molar-refractivity contribution in [3.05, 3.63) is 53.9 Å². The first kappa shape index (κ1) is 17.1. The molecule has 0 radical (unpaired) electrons. The van der Waals surface area contributed by atoms with Crippen molar-refractivity contribution in [3.63, 3.8) is 0 Å². The number of hydrogen-bond donors (Lipinski definition) is 1. The number of guanidine groups is 1. The van der Waals surface area contributed by atoms with Crippen LogP contribution in [0.25, 0.3) is 0 Å². The van der Waals surface area contributed by atoms with Gasteiger partial charge in [-0.2, -0.15) is 0 Å². The zero-order chi connectivity index (χ0) is 17.6. The Bertz CT molecular complexity index is 723. The number of aryl methyl sites for hydroxylation is 1. The Kier molecular flexibility index (Phi) is 5.42. The molecule has 132 valence electrons. The van der Waals surface area contributed by atoms with E-state index in [1.807, 2.05) is 25.1 Å². The highest BCUT2D eigenvalue weighted by Gasteiger charge is 2.19. The second-order valence-electron chi connectivity index (χ2n) is 5.95. The number of benzene rings is 1. The average molecular weight is 342 g/mol. The molecule has 0 amide bonds. The van der Waals surface area contributed by atoms with Gasteiger partial charge < -0.3 is 15.1 Å². The quantitative estimate of drug-likeness (QED) is 0.681. The molecule has 0 saturated carbocycles. The zero-order valence-electron chi connectivity index (χ0n) is 14.6. The summed E-state index contributed by atoms with van der Waals surface area (Å²) < 4.78 is 13.1. The lowest BCUT2D eigenvalue weighted by Crippen LogP contribution is -2.52. The molecule has 7 heteroatoms. The molecule has 0 aliphatic carbocycles. The Balaban J connectivity index is 1.54. The molecule has 2 heterocycles. The maximum absolute atomic E-state index is 13.1. The largest absolute Gasteiger partial charge is 0.368 e. The SMILES string of the molecule is CN=C(NCc1ccnc(C)n1)N1CCN(c2ccc(F)cc2)CC1. The fraction of sp³-hybridized carbons (Fsp3) is 0.389.